The Morgan fingerprint density at radius 2 is 1.48 bits per heavy atom. The molecule has 1 aromatic heterocycles. The third-order valence-electron chi connectivity index (χ3n) is 5.59. The summed E-state index contributed by atoms with van der Waals surface area (Å²) in [7, 11) is 8.59. The summed E-state index contributed by atoms with van der Waals surface area (Å²) in [4.78, 5) is 28.0. The van der Waals surface area contributed by atoms with Gasteiger partial charge in [0.2, 0.25) is 5.88 Å². The second-order valence-corrected chi connectivity index (χ2v) is 7.89. The van der Waals surface area contributed by atoms with Crippen molar-refractivity contribution in [1.82, 2.24) is 18.9 Å². The highest BCUT2D eigenvalue weighted by molar-refractivity contribution is 5.44. The lowest BCUT2D eigenvalue weighted by Gasteiger charge is -2.53. The van der Waals surface area contributed by atoms with Gasteiger partial charge in [-0.1, -0.05) is 29.8 Å². The lowest BCUT2D eigenvalue weighted by Crippen LogP contribution is -2.74. The van der Waals surface area contributed by atoms with Crippen molar-refractivity contribution < 1.29 is 13.5 Å². The molecule has 0 saturated carbocycles. The fourth-order valence-corrected chi connectivity index (χ4v) is 4.11. The van der Waals surface area contributed by atoms with Crippen molar-refractivity contribution in [3.63, 3.8) is 0 Å². The summed E-state index contributed by atoms with van der Waals surface area (Å²) in [6.07, 6.45) is 0. The zero-order valence-corrected chi connectivity index (χ0v) is 17.7. The molecular formula is C20H26F2N4O3. The summed E-state index contributed by atoms with van der Waals surface area (Å²) in [6.45, 7) is 1.85. The molecule has 2 aromatic rings. The van der Waals surface area contributed by atoms with E-state index < -0.39 is 28.9 Å². The lowest BCUT2D eigenvalue weighted by molar-refractivity contribution is -0.307. The summed E-state index contributed by atoms with van der Waals surface area (Å²) >= 11 is 0. The minimum atomic E-state index is -3.54. The molecule has 0 N–H and O–H groups in total. The Morgan fingerprint density at radius 3 is 1.97 bits per heavy atom. The van der Waals surface area contributed by atoms with Crippen LogP contribution in [0.25, 0.3) is 0 Å². The molecular weight excluding hydrogens is 382 g/mol. The van der Waals surface area contributed by atoms with E-state index in [-0.39, 0.29) is 17.0 Å². The average Bonchev–Trinajstić information content (AvgIpc) is 2.64. The Hall–Kier alpha value is -2.52. The Bertz CT molecular complexity index is 1050. The van der Waals surface area contributed by atoms with Gasteiger partial charge >= 0.3 is 11.6 Å². The van der Waals surface area contributed by atoms with E-state index in [1.54, 1.807) is 24.3 Å². The molecule has 1 aromatic carbocycles. The molecule has 29 heavy (non-hydrogen) atoms. The largest absolute Gasteiger partial charge is 0.436 e. The zero-order valence-electron chi connectivity index (χ0n) is 17.7. The number of fused-ring (bicyclic) bond motifs is 1. The summed E-state index contributed by atoms with van der Waals surface area (Å²) in [5, 5.41) is 0. The van der Waals surface area contributed by atoms with E-state index in [9.17, 15) is 9.59 Å². The lowest BCUT2D eigenvalue weighted by atomic mass is 9.81. The molecule has 9 heteroatoms. The van der Waals surface area contributed by atoms with Crippen molar-refractivity contribution in [2.24, 2.45) is 14.1 Å². The van der Waals surface area contributed by atoms with Crippen LogP contribution in [0.3, 0.4) is 0 Å². The van der Waals surface area contributed by atoms with Crippen LogP contribution in [0.15, 0.2) is 33.9 Å². The fraction of sp³-hybridized carbons (Fsp3) is 0.500. The van der Waals surface area contributed by atoms with E-state index in [1.165, 1.54) is 52.1 Å². The highest BCUT2D eigenvalue weighted by Gasteiger charge is 2.69. The molecule has 1 aliphatic heterocycles. The highest BCUT2D eigenvalue weighted by Crippen LogP contribution is 2.53. The Kier molecular flexibility index (Phi) is 4.95. The van der Waals surface area contributed by atoms with Gasteiger partial charge in [0.25, 0.3) is 11.4 Å². The number of aryl methyl sites for hydroxylation is 1. The second kappa shape index (κ2) is 6.77. The minimum Gasteiger partial charge on any atom is -0.436 e. The topological polar surface area (TPSA) is 59.7 Å². The molecule has 7 nitrogen and oxygen atoms in total. The maximum absolute atomic E-state index is 16.3. The molecule has 0 saturated heterocycles. The van der Waals surface area contributed by atoms with E-state index >= 15 is 8.78 Å². The van der Waals surface area contributed by atoms with Gasteiger partial charge in [-0.25, -0.2) is 4.79 Å². The van der Waals surface area contributed by atoms with E-state index in [1.807, 2.05) is 6.92 Å². The smallest absolute Gasteiger partial charge is 0.333 e. The van der Waals surface area contributed by atoms with Gasteiger partial charge in [0.15, 0.2) is 0 Å². The van der Waals surface area contributed by atoms with Crippen molar-refractivity contribution in [1.29, 1.82) is 0 Å². The molecule has 0 radical (unpaired) electrons. The number of hydrogen-bond donors (Lipinski definition) is 0. The number of hydrogen-bond acceptors (Lipinski definition) is 5. The molecule has 1 aliphatic rings. The van der Waals surface area contributed by atoms with Gasteiger partial charge in [-0.2, -0.15) is 8.78 Å². The predicted molar refractivity (Wildman–Crippen MR) is 106 cm³/mol. The zero-order chi connectivity index (χ0) is 21.9. The molecule has 1 atom stereocenters. The third kappa shape index (κ3) is 2.75. The summed E-state index contributed by atoms with van der Waals surface area (Å²) in [5.74, 6) is -7.52. The van der Waals surface area contributed by atoms with Crippen molar-refractivity contribution >= 4 is 0 Å². The van der Waals surface area contributed by atoms with Gasteiger partial charge in [-0.3, -0.25) is 23.7 Å². The number of nitrogens with zero attached hydrogens (tertiary/aromatic N) is 4. The summed E-state index contributed by atoms with van der Waals surface area (Å²) < 4.78 is 40.3. The van der Waals surface area contributed by atoms with E-state index in [4.69, 9.17) is 4.74 Å². The molecule has 3 rings (SSSR count). The average molecular weight is 408 g/mol. The number of benzene rings is 1. The minimum absolute atomic E-state index is 0.156. The highest BCUT2D eigenvalue weighted by atomic mass is 19.3. The van der Waals surface area contributed by atoms with Gasteiger partial charge in [0.1, 0.15) is 0 Å². The molecule has 0 amide bonds. The maximum Gasteiger partial charge on any atom is 0.333 e. The third-order valence-corrected chi connectivity index (χ3v) is 5.59. The van der Waals surface area contributed by atoms with Crippen LogP contribution in [0, 0.1) is 6.92 Å². The molecule has 0 fully saturated rings. The van der Waals surface area contributed by atoms with Gasteiger partial charge in [0, 0.05) is 14.1 Å². The quantitative estimate of drug-likeness (QED) is 0.718. The first-order chi connectivity index (χ1) is 13.4. The summed E-state index contributed by atoms with van der Waals surface area (Å²) in [5.41, 5.74) is -0.492. The SMILES string of the molecule is Cc1ccc(C2c3c(n(C)c(=O)n(C)c3=O)OC(N(C)C)(N(C)C)C2(F)F)cc1. The van der Waals surface area contributed by atoms with E-state index in [2.05, 4.69) is 0 Å². The second-order valence-electron chi connectivity index (χ2n) is 7.89. The summed E-state index contributed by atoms with van der Waals surface area (Å²) in [6, 6.07) is 6.62. The molecule has 158 valence electrons. The van der Waals surface area contributed by atoms with Crippen LogP contribution >= 0.6 is 0 Å². The standard InChI is InChI=1S/C20H26F2N4O3/c1-12-8-10-13(11-9-12)15-14-16(27)25(6)18(28)26(7)17(14)29-20(23(2)3,24(4)5)19(15,21)22/h8-11,15H,1-7H3. The van der Waals surface area contributed by atoms with Gasteiger partial charge in [0.05, 0.1) is 11.5 Å². The van der Waals surface area contributed by atoms with Crippen LogP contribution in [0.4, 0.5) is 8.78 Å². The molecule has 1 unspecified atom stereocenters. The predicted octanol–water partition coefficient (Wildman–Crippen LogP) is 1.33. The van der Waals surface area contributed by atoms with Crippen LogP contribution in [0.2, 0.25) is 0 Å². The molecule has 2 heterocycles. The van der Waals surface area contributed by atoms with Crippen LogP contribution < -0.4 is 16.0 Å². The van der Waals surface area contributed by atoms with Crippen LogP contribution in [0.1, 0.15) is 22.6 Å². The van der Waals surface area contributed by atoms with Crippen molar-refractivity contribution in [2.45, 2.75) is 24.6 Å². The number of rotatable bonds is 3. The van der Waals surface area contributed by atoms with Gasteiger partial charge in [-0.05, 0) is 40.7 Å². The number of aromatic nitrogens is 2. The fourth-order valence-electron chi connectivity index (χ4n) is 4.11. The van der Waals surface area contributed by atoms with Gasteiger partial charge in [-0.15, -0.1) is 0 Å². The van der Waals surface area contributed by atoms with Gasteiger partial charge < -0.3 is 4.74 Å². The number of alkyl halides is 2. The first-order valence-electron chi connectivity index (χ1n) is 9.16. The van der Waals surface area contributed by atoms with Crippen LogP contribution in [-0.4, -0.2) is 58.9 Å². The first kappa shape index (κ1) is 21.2. The first-order valence-corrected chi connectivity index (χ1v) is 9.16. The van der Waals surface area contributed by atoms with Crippen molar-refractivity contribution in [3.05, 3.63) is 61.8 Å². The maximum atomic E-state index is 16.3. The van der Waals surface area contributed by atoms with E-state index in [0.717, 1.165) is 14.7 Å². The molecule has 0 spiro atoms. The van der Waals surface area contributed by atoms with Crippen LogP contribution in [-0.2, 0) is 14.1 Å². The Balaban J connectivity index is 2.50. The van der Waals surface area contributed by atoms with Crippen molar-refractivity contribution in [2.75, 3.05) is 28.2 Å². The monoisotopic (exact) mass is 408 g/mol. The van der Waals surface area contributed by atoms with Crippen LogP contribution in [0.5, 0.6) is 5.88 Å². The number of halogens is 2. The Morgan fingerprint density at radius 1 is 0.966 bits per heavy atom. The molecule has 0 aliphatic carbocycles. The van der Waals surface area contributed by atoms with E-state index in [0.29, 0.717) is 0 Å². The number of ether oxygens (including phenoxy) is 1. The molecule has 0 bridgehead atoms. The normalized spacial score (nSPS) is 19.9. The Labute approximate surface area is 167 Å². The van der Waals surface area contributed by atoms with Crippen molar-refractivity contribution in [3.8, 4) is 5.88 Å².